The molecule has 0 bridgehead atoms. The van der Waals surface area contributed by atoms with Crippen LogP contribution in [-0.2, 0) is 4.79 Å². The largest absolute Gasteiger partial charge is 0.367 e. The van der Waals surface area contributed by atoms with Crippen molar-refractivity contribution < 1.29 is 15.0 Å². The lowest BCUT2D eigenvalue weighted by Gasteiger charge is -2.03. The Morgan fingerprint density at radius 3 is 2.56 bits per heavy atom. The smallest absolute Gasteiger partial charge is 0.219 e. The summed E-state index contributed by atoms with van der Waals surface area (Å²) in [6.45, 7) is 1.60. The Kier molecular flexibility index (Phi) is 4.00. The monoisotopic (exact) mass is 133 g/mol. The lowest BCUT2D eigenvalue weighted by Crippen LogP contribution is -2.31. The first-order chi connectivity index (χ1) is 4.16. The highest BCUT2D eigenvalue weighted by molar-refractivity contribution is 5.75. The number of hydrogen-bond acceptors (Lipinski definition) is 3. The summed E-state index contributed by atoms with van der Waals surface area (Å²) in [4.78, 5) is 10.4. The van der Waals surface area contributed by atoms with Crippen molar-refractivity contribution in [2.45, 2.75) is 19.6 Å². The molecule has 0 radical (unpaired) electrons. The van der Waals surface area contributed by atoms with E-state index < -0.39 is 6.29 Å². The summed E-state index contributed by atoms with van der Waals surface area (Å²) in [5.74, 6) is -0.178. The van der Waals surface area contributed by atoms with Gasteiger partial charge in [-0.05, 0) is 0 Å². The normalized spacial score (nSPS) is 9.78. The zero-order chi connectivity index (χ0) is 7.28. The van der Waals surface area contributed by atoms with E-state index in [1.807, 2.05) is 0 Å². The minimum absolute atomic E-state index is 0.0906. The fourth-order valence-corrected chi connectivity index (χ4v) is 0.330. The molecule has 0 aromatic carbocycles. The van der Waals surface area contributed by atoms with E-state index in [1.54, 1.807) is 6.92 Å². The molecule has 4 heteroatoms. The molecule has 0 rings (SSSR count). The van der Waals surface area contributed by atoms with E-state index in [0.717, 1.165) is 0 Å². The van der Waals surface area contributed by atoms with Crippen molar-refractivity contribution >= 4 is 5.91 Å². The van der Waals surface area contributed by atoms with Gasteiger partial charge in [0.1, 0.15) is 0 Å². The van der Waals surface area contributed by atoms with Crippen LogP contribution in [0.25, 0.3) is 0 Å². The molecule has 0 spiro atoms. The highest BCUT2D eigenvalue weighted by Crippen LogP contribution is 1.75. The minimum atomic E-state index is -1.44. The van der Waals surface area contributed by atoms with E-state index in [0.29, 0.717) is 6.42 Å². The third kappa shape index (κ3) is 5.26. The summed E-state index contributed by atoms with van der Waals surface area (Å²) in [6.07, 6.45) is -1.08. The van der Waals surface area contributed by atoms with Gasteiger partial charge in [0.25, 0.3) is 0 Å². The second-order valence-electron chi connectivity index (χ2n) is 1.64. The van der Waals surface area contributed by atoms with Crippen LogP contribution < -0.4 is 5.32 Å². The van der Waals surface area contributed by atoms with Crippen molar-refractivity contribution in [3.63, 3.8) is 0 Å². The highest BCUT2D eigenvalue weighted by atomic mass is 16.5. The molecule has 0 saturated heterocycles. The topological polar surface area (TPSA) is 69.6 Å². The molecule has 0 aliphatic rings. The molecule has 1 amide bonds. The Morgan fingerprint density at radius 2 is 2.22 bits per heavy atom. The lowest BCUT2D eigenvalue weighted by atomic mass is 10.4. The average Bonchev–Trinajstić information content (AvgIpc) is 1.83. The van der Waals surface area contributed by atoms with Crippen molar-refractivity contribution in [1.29, 1.82) is 0 Å². The second kappa shape index (κ2) is 4.29. The Labute approximate surface area is 53.5 Å². The van der Waals surface area contributed by atoms with Gasteiger partial charge >= 0.3 is 0 Å². The number of nitrogens with one attached hydrogen (secondary N) is 1. The summed E-state index contributed by atoms with van der Waals surface area (Å²) in [5.41, 5.74) is 0. The van der Waals surface area contributed by atoms with E-state index in [1.165, 1.54) is 0 Å². The molecule has 54 valence electrons. The first kappa shape index (κ1) is 8.39. The van der Waals surface area contributed by atoms with Gasteiger partial charge in [0.2, 0.25) is 5.91 Å². The number of amides is 1. The molecule has 0 atom stereocenters. The summed E-state index contributed by atoms with van der Waals surface area (Å²) in [5, 5.41) is 18.8. The summed E-state index contributed by atoms with van der Waals surface area (Å²) in [7, 11) is 0. The Morgan fingerprint density at radius 1 is 1.67 bits per heavy atom. The molecule has 0 aromatic rings. The number of aliphatic hydroxyl groups excluding tert-OH is 1. The van der Waals surface area contributed by atoms with Crippen molar-refractivity contribution in [3.05, 3.63) is 0 Å². The molecule has 9 heavy (non-hydrogen) atoms. The highest BCUT2D eigenvalue weighted by Gasteiger charge is 1.98. The van der Waals surface area contributed by atoms with Crippen LogP contribution in [0.3, 0.4) is 0 Å². The van der Waals surface area contributed by atoms with Gasteiger partial charge in [-0.25, -0.2) is 0 Å². The van der Waals surface area contributed by atoms with Gasteiger partial charge in [-0.2, -0.15) is 0 Å². The van der Waals surface area contributed by atoms with Gasteiger partial charge in [0.15, 0.2) is 6.29 Å². The van der Waals surface area contributed by atoms with E-state index in [-0.39, 0.29) is 12.5 Å². The van der Waals surface area contributed by atoms with Crippen molar-refractivity contribution in [2.24, 2.45) is 0 Å². The quantitative estimate of drug-likeness (QED) is 0.424. The Balaban J connectivity index is 3.17. The maximum absolute atomic E-state index is 10.4. The van der Waals surface area contributed by atoms with Crippen LogP contribution in [0.1, 0.15) is 13.3 Å². The summed E-state index contributed by atoms with van der Waals surface area (Å²) < 4.78 is 0. The van der Waals surface area contributed by atoms with Crippen LogP contribution in [0.15, 0.2) is 0 Å². The zero-order valence-electron chi connectivity index (χ0n) is 5.29. The molecule has 0 aliphatic carbocycles. The van der Waals surface area contributed by atoms with Gasteiger partial charge in [0.05, 0.1) is 6.54 Å². The fourth-order valence-electron chi connectivity index (χ4n) is 0.330. The molecule has 0 heterocycles. The summed E-state index contributed by atoms with van der Waals surface area (Å²) >= 11 is 0. The summed E-state index contributed by atoms with van der Waals surface area (Å²) in [6, 6.07) is 0. The van der Waals surface area contributed by atoms with Gasteiger partial charge in [-0.1, -0.05) is 6.92 Å². The molecule has 0 aromatic heterocycles. The Bertz CT molecular complexity index is 92.2. The standard InChI is InChI=1S/C5H11NO3/c1-2-4(7)6-3-5(8)9/h5,8-9H,2-3H2,1H3,(H,6,7). The van der Waals surface area contributed by atoms with Crippen LogP contribution in [0.4, 0.5) is 0 Å². The molecule has 0 saturated carbocycles. The van der Waals surface area contributed by atoms with Gasteiger partial charge < -0.3 is 15.5 Å². The van der Waals surface area contributed by atoms with Crippen LogP contribution in [0, 0.1) is 0 Å². The second-order valence-corrected chi connectivity index (χ2v) is 1.64. The third-order valence-electron chi connectivity index (χ3n) is 0.803. The molecule has 3 N–H and O–H groups in total. The number of rotatable bonds is 3. The number of hydrogen-bond donors (Lipinski definition) is 3. The van der Waals surface area contributed by atoms with Gasteiger partial charge in [-0.3, -0.25) is 4.79 Å². The molecule has 0 unspecified atom stereocenters. The molecular formula is C5H11NO3. The maximum atomic E-state index is 10.4. The minimum Gasteiger partial charge on any atom is -0.367 e. The van der Waals surface area contributed by atoms with Crippen LogP contribution in [0.2, 0.25) is 0 Å². The maximum Gasteiger partial charge on any atom is 0.219 e. The fraction of sp³-hybridized carbons (Fsp3) is 0.800. The molecule has 0 fully saturated rings. The van der Waals surface area contributed by atoms with E-state index in [9.17, 15) is 4.79 Å². The van der Waals surface area contributed by atoms with Gasteiger partial charge in [-0.15, -0.1) is 0 Å². The van der Waals surface area contributed by atoms with E-state index in [4.69, 9.17) is 10.2 Å². The predicted octanol–water partition coefficient (Wildman–Crippen LogP) is -1.18. The van der Waals surface area contributed by atoms with Gasteiger partial charge in [0, 0.05) is 6.42 Å². The number of carbonyl (C=O) groups excluding carboxylic acids is 1. The number of carbonyl (C=O) groups is 1. The van der Waals surface area contributed by atoms with E-state index in [2.05, 4.69) is 5.32 Å². The predicted molar refractivity (Wildman–Crippen MR) is 31.5 cm³/mol. The average molecular weight is 133 g/mol. The lowest BCUT2D eigenvalue weighted by molar-refractivity contribution is -0.123. The van der Waals surface area contributed by atoms with E-state index >= 15 is 0 Å². The van der Waals surface area contributed by atoms with Crippen LogP contribution in [-0.4, -0.2) is 29.0 Å². The zero-order valence-corrected chi connectivity index (χ0v) is 5.29. The third-order valence-corrected chi connectivity index (χ3v) is 0.803. The van der Waals surface area contributed by atoms with Crippen LogP contribution in [0.5, 0.6) is 0 Å². The number of aliphatic hydroxyl groups is 2. The van der Waals surface area contributed by atoms with Crippen LogP contribution >= 0.6 is 0 Å². The van der Waals surface area contributed by atoms with Crippen molar-refractivity contribution in [3.8, 4) is 0 Å². The molecule has 0 aliphatic heterocycles. The molecular weight excluding hydrogens is 122 g/mol. The van der Waals surface area contributed by atoms with Crippen molar-refractivity contribution in [2.75, 3.05) is 6.54 Å². The Hall–Kier alpha value is -0.610. The first-order valence-corrected chi connectivity index (χ1v) is 2.79. The molecule has 4 nitrogen and oxygen atoms in total. The van der Waals surface area contributed by atoms with Crippen molar-refractivity contribution in [1.82, 2.24) is 5.32 Å². The first-order valence-electron chi connectivity index (χ1n) is 2.79. The SMILES string of the molecule is CCC(=O)NCC(O)O.